The van der Waals surface area contributed by atoms with Gasteiger partial charge in [0, 0.05) is 17.8 Å². The highest BCUT2D eigenvalue weighted by molar-refractivity contribution is 5.91. The molecule has 0 spiro atoms. The van der Waals surface area contributed by atoms with Gasteiger partial charge >= 0.3 is 5.97 Å². The predicted octanol–water partition coefficient (Wildman–Crippen LogP) is 3.71. The third kappa shape index (κ3) is 2.23. The molecule has 0 atom stereocenters. The number of carboxylic acid groups (broad SMARTS) is 1. The van der Waals surface area contributed by atoms with E-state index in [0.717, 1.165) is 5.56 Å². The van der Waals surface area contributed by atoms with Crippen molar-refractivity contribution < 1.29 is 14.3 Å². The van der Waals surface area contributed by atoms with Crippen molar-refractivity contribution in [3.05, 3.63) is 76.6 Å². The number of aromatic nitrogens is 1. The van der Waals surface area contributed by atoms with Gasteiger partial charge in [0.05, 0.1) is 22.0 Å². The fourth-order valence-corrected chi connectivity index (χ4v) is 2.64. The lowest BCUT2D eigenvalue weighted by atomic mass is 10.1. The van der Waals surface area contributed by atoms with E-state index >= 15 is 0 Å². The Balaban J connectivity index is 1.90. The minimum Gasteiger partial charge on any atom is -0.478 e. The fraction of sp³-hybridized carbons (Fsp3) is 0. The van der Waals surface area contributed by atoms with Gasteiger partial charge in [0.2, 0.25) is 5.43 Å². The van der Waals surface area contributed by atoms with Crippen molar-refractivity contribution in [1.82, 2.24) is 4.98 Å². The maximum Gasteiger partial charge on any atom is 0.335 e. The second kappa shape index (κ2) is 5.31. The molecule has 4 rings (SSSR count). The monoisotopic (exact) mass is 317 g/mol. The van der Waals surface area contributed by atoms with Crippen molar-refractivity contribution in [3.63, 3.8) is 0 Å². The van der Waals surface area contributed by atoms with Gasteiger partial charge in [0.1, 0.15) is 11.2 Å². The topological polar surface area (TPSA) is 80.4 Å². The lowest BCUT2D eigenvalue weighted by Gasteiger charge is -2.04. The number of benzene rings is 2. The maximum atomic E-state index is 12.5. The number of para-hydroxylation sites is 1. The van der Waals surface area contributed by atoms with Gasteiger partial charge in [-0.1, -0.05) is 24.3 Å². The Morgan fingerprint density at radius 3 is 2.46 bits per heavy atom. The molecule has 5 nitrogen and oxygen atoms in total. The molecule has 24 heavy (non-hydrogen) atoms. The van der Waals surface area contributed by atoms with E-state index in [1.54, 1.807) is 36.4 Å². The molecule has 2 heterocycles. The Kier molecular flexibility index (Phi) is 3.13. The quantitative estimate of drug-likeness (QED) is 0.570. The van der Waals surface area contributed by atoms with Crippen LogP contribution in [0.3, 0.4) is 0 Å². The number of pyridine rings is 1. The van der Waals surface area contributed by atoms with Crippen LogP contribution in [0.1, 0.15) is 10.4 Å². The molecule has 116 valence electrons. The van der Waals surface area contributed by atoms with E-state index in [0.29, 0.717) is 27.6 Å². The molecule has 0 amide bonds. The Labute approximate surface area is 135 Å². The first-order valence-corrected chi connectivity index (χ1v) is 7.29. The van der Waals surface area contributed by atoms with E-state index in [4.69, 9.17) is 9.52 Å². The Morgan fingerprint density at radius 1 is 0.958 bits per heavy atom. The smallest absolute Gasteiger partial charge is 0.335 e. The molecular weight excluding hydrogens is 306 g/mol. The van der Waals surface area contributed by atoms with Crippen LogP contribution in [-0.4, -0.2) is 16.1 Å². The minimum atomic E-state index is -0.981. The largest absolute Gasteiger partial charge is 0.478 e. The first kappa shape index (κ1) is 14.1. The van der Waals surface area contributed by atoms with E-state index in [9.17, 15) is 9.59 Å². The highest BCUT2D eigenvalue weighted by atomic mass is 16.4. The van der Waals surface area contributed by atoms with Gasteiger partial charge < -0.3 is 9.52 Å². The number of fused-ring (bicyclic) bond motifs is 2. The van der Waals surface area contributed by atoms with Crippen molar-refractivity contribution in [3.8, 4) is 11.3 Å². The zero-order valence-corrected chi connectivity index (χ0v) is 12.4. The summed E-state index contributed by atoms with van der Waals surface area (Å²) in [6.07, 6.45) is 1.49. The molecule has 0 aliphatic carbocycles. The first-order chi connectivity index (χ1) is 11.6. The summed E-state index contributed by atoms with van der Waals surface area (Å²) in [7, 11) is 0. The number of hydrogen-bond donors (Lipinski definition) is 1. The lowest BCUT2D eigenvalue weighted by Crippen LogP contribution is -2.02. The molecule has 0 bridgehead atoms. The molecule has 4 aromatic rings. The van der Waals surface area contributed by atoms with Crippen LogP contribution >= 0.6 is 0 Å². The van der Waals surface area contributed by atoms with Crippen molar-refractivity contribution in [1.29, 1.82) is 0 Å². The highest BCUT2D eigenvalue weighted by Gasteiger charge is 2.10. The summed E-state index contributed by atoms with van der Waals surface area (Å²) in [6, 6.07) is 15.1. The molecule has 0 aliphatic rings. The predicted molar refractivity (Wildman–Crippen MR) is 90.2 cm³/mol. The van der Waals surface area contributed by atoms with Crippen molar-refractivity contribution in [2.75, 3.05) is 0 Å². The van der Waals surface area contributed by atoms with Crippen LogP contribution in [-0.2, 0) is 0 Å². The number of carbonyl (C=O) groups is 1. The number of nitrogens with zero attached hydrogens (tertiary/aromatic N) is 1. The van der Waals surface area contributed by atoms with E-state index in [-0.39, 0.29) is 11.0 Å². The van der Waals surface area contributed by atoms with Crippen LogP contribution in [0.25, 0.3) is 33.2 Å². The van der Waals surface area contributed by atoms with Gasteiger partial charge in [0.15, 0.2) is 0 Å². The summed E-state index contributed by atoms with van der Waals surface area (Å²) in [5, 5.41) is 9.89. The van der Waals surface area contributed by atoms with E-state index in [1.165, 1.54) is 18.3 Å². The van der Waals surface area contributed by atoms with Crippen molar-refractivity contribution >= 4 is 27.9 Å². The second-order valence-corrected chi connectivity index (χ2v) is 5.38. The fourth-order valence-electron chi connectivity index (χ4n) is 2.64. The van der Waals surface area contributed by atoms with Crippen molar-refractivity contribution in [2.24, 2.45) is 0 Å². The number of aromatic carboxylic acids is 1. The number of hydrogen-bond acceptors (Lipinski definition) is 4. The van der Waals surface area contributed by atoms with Crippen molar-refractivity contribution in [2.45, 2.75) is 0 Å². The van der Waals surface area contributed by atoms with Gasteiger partial charge in [-0.05, 0) is 24.3 Å². The number of rotatable bonds is 2. The van der Waals surface area contributed by atoms with Gasteiger partial charge in [0.25, 0.3) is 0 Å². The number of carboxylic acids is 1. The molecule has 0 aliphatic heterocycles. The van der Waals surface area contributed by atoms with Gasteiger partial charge in [-0.2, -0.15) is 0 Å². The normalized spacial score (nSPS) is 11.0. The van der Waals surface area contributed by atoms with E-state index < -0.39 is 5.97 Å². The van der Waals surface area contributed by atoms with Crippen LogP contribution in [0.5, 0.6) is 0 Å². The molecule has 5 heteroatoms. The summed E-state index contributed by atoms with van der Waals surface area (Å²) in [5.41, 5.74) is 2.42. The van der Waals surface area contributed by atoms with Crippen LogP contribution < -0.4 is 5.43 Å². The molecule has 2 aromatic heterocycles. The summed E-state index contributed by atoms with van der Waals surface area (Å²) < 4.78 is 5.82. The van der Waals surface area contributed by atoms with Gasteiger partial charge in [-0.15, -0.1) is 0 Å². The summed E-state index contributed by atoms with van der Waals surface area (Å²) in [4.78, 5) is 27.7. The maximum absolute atomic E-state index is 12.5. The molecule has 0 saturated carbocycles. The molecule has 0 unspecified atom stereocenters. The zero-order valence-electron chi connectivity index (χ0n) is 12.4. The molecular formula is C19H11NO4. The van der Waals surface area contributed by atoms with Gasteiger partial charge in [-0.25, -0.2) is 4.79 Å². The van der Waals surface area contributed by atoms with Crippen LogP contribution in [0, 0.1) is 0 Å². The SMILES string of the molecule is O=C(O)c1ccc(-c2cc3oc4ccccc4c(=O)c3cn2)cc1. The molecule has 1 N–H and O–H groups in total. The third-order valence-electron chi connectivity index (χ3n) is 3.89. The summed E-state index contributed by atoms with van der Waals surface area (Å²) >= 11 is 0. The summed E-state index contributed by atoms with van der Waals surface area (Å²) in [5.74, 6) is -0.981. The summed E-state index contributed by atoms with van der Waals surface area (Å²) in [6.45, 7) is 0. The van der Waals surface area contributed by atoms with Gasteiger partial charge in [-0.3, -0.25) is 9.78 Å². The Bertz CT molecular complexity index is 1140. The molecule has 0 fully saturated rings. The minimum absolute atomic E-state index is 0.118. The first-order valence-electron chi connectivity index (χ1n) is 7.29. The highest BCUT2D eigenvalue weighted by Crippen LogP contribution is 2.23. The zero-order chi connectivity index (χ0) is 16.7. The molecule has 2 aromatic carbocycles. The second-order valence-electron chi connectivity index (χ2n) is 5.38. The average Bonchev–Trinajstić information content (AvgIpc) is 2.61. The van der Waals surface area contributed by atoms with Crippen LogP contribution in [0.15, 0.2) is 70.0 Å². The van der Waals surface area contributed by atoms with E-state index in [2.05, 4.69) is 4.98 Å². The van der Waals surface area contributed by atoms with Crippen LogP contribution in [0.2, 0.25) is 0 Å². The third-order valence-corrected chi connectivity index (χ3v) is 3.89. The standard InChI is InChI=1S/C19H11NO4/c21-18-13-3-1-2-4-16(13)24-17-9-15(20-10-14(17)18)11-5-7-12(8-6-11)19(22)23/h1-10H,(H,22,23). The molecule has 0 radical (unpaired) electrons. The molecule has 0 saturated heterocycles. The lowest BCUT2D eigenvalue weighted by molar-refractivity contribution is 0.0697. The Morgan fingerprint density at radius 2 is 1.71 bits per heavy atom. The van der Waals surface area contributed by atoms with E-state index in [1.807, 2.05) is 6.07 Å². The average molecular weight is 317 g/mol. The van der Waals surface area contributed by atoms with Crippen LogP contribution in [0.4, 0.5) is 0 Å². The Hall–Kier alpha value is -3.47.